The zero-order chi connectivity index (χ0) is 23.6. The molecule has 0 radical (unpaired) electrons. The van der Waals surface area contributed by atoms with E-state index in [4.69, 9.17) is 0 Å². The second kappa shape index (κ2) is 13.1. The van der Waals surface area contributed by atoms with Crippen molar-refractivity contribution in [3.8, 4) is 0 Å². The van der Waals surface area contributed by atoms with Crippen LogP contribution in [-0.2, 0) is 9.59 Å². The number of urea groups is 1. The summed E-state index contributed by atoms with van der Waals surface area (Å²) in [6.45, 7) is 0.530. The summed E-state index contributed by atoms with van der Waals surface area (Å²) < 4.78 is 1.55. The quantitative estimate of drug-likeness (QED) is 0.0624. The van der Waals surface area contributed by atoms with Crippen LogP contribution in [0.15, 0.2) is 40.0 Å². The normalized spacial score (nSPS) is 21.8. The molecule has 0 spiro atoms. The number of ketones is 2. The van der Waals surface area contributed by atoms with Gasteiger partial charge >= 0.3 is 6.03 Å². The van der Waals surface area contributed by atoms with Gasteiger partial charge in [0.15, 0.2) is 11.6 Å². The number of nitrogens with one attached hydrogen (secondary N) is 3. The fraction of sp³-hybridized carbons (Fsp3) is 0.500. The summed E-state index contributed by atoms with van der Waals surface area (Å²) >= 11 is 3.83. The Morgan fingerprint density at radius 3 is 2.58 bits per heavy atom. The Labute approximate surface area is 212 Å². The first-order valence-corrected chi connectivity index (χ1v) is 13.7. The topological polar surface area (TPSA) is 104 Å². The first-order chi connectivity index (χ1) is 16.0. The fourth-order valence-corrected chi connectivity index (χ4v) is 6.29. The van der Waals surface area contributed by atoms with E-state index in [0.717, 1.165) is 25.0 Å². The Balaban J connectivity index is 1.24. The SMILES string of the molecule is O=C(CCCC[C@@H]1SC[C@@H]2NC(=O)N[C@@H]21)NCCCCC(=O)/C(=C/I)C(=O)c1ccccc1. The van der Waals surface area contributed by atoms with Gasteiger partial charge in [0, 0.05) is 36.0 Å². The minimum absolute atomic E-state index is 0.0289. The molecule has 3 amide bonds. The van der Waals surface area contributed by atoms with Gasteiger partial charge in [-0.2, -0.15) is 11.8 Å². The van der Waals surface area contributed by atoms with E-state index in [2.05, 4.69) is 16.0 Å². The first kappa shape index (κ1) is 25.7. The van der Waals surface area contributed by atoms with Gasteiger partial charge in [0.1, 0.15) is 0 Å². The lowest BCUT2D eigenvalue weighted by molar-refractivity contribution is -0.121. The number of hydrogen-bond donors (Lipinski definition) is 3. The first-order valence-electron chi connectivity index (χ1n) is 11.4. The third-order valence-electron chi connectivity index (χ3n) is 5.92. The third-order valence-corrected chi connectivity index (χ3v) is 8.05. The van der Waals surface area contributed by atoms with E-state index < -0.39 is 0 Å². The number of hydrogen-bond acceptors (Lipinski definition) is 5. The van der Waals surface area contributed by atoms with E-state index in [1.807, 2.05) is 40.4 Å². The van der Waals surface area contributed by atoms with Crippen molar-refractivity contribution in [3.05, 3.63) is 45.6 Å². The zero-order valence-corrected chi connectivity index (χ0v) is 21.5. The molecule has 2 aliphatic rings. The van der Waals surface area contributed by atoms with Crippen LogP contribution in [0.1, 0.15) is 55.3 Å². The minimum atomic E-state index is -0.249. The largest absolute Gasteiger partial charge is 0.356 e. The van der Waals surface area contributed by atoms with Crippen LogP contribution in [-0.4, -0.2) is 53.1 Å². The van der Waals surface area contributed by atoms with Crippen molar-refractivity contribution in [2.75, 3.05) is 12.3 Å². The monoisotopic (exact) mass is 583 g/mol. The van der Waals surface area contributed by atoms with E-state index in [1.54, 1.807) is 28.3 Å². The van der Waals surface area contributed by atoms with Gasteiger partial charge in [-0.3, -0.25) is 14.4 Å². The second-order valence-electron chi connectivity index (χ2n) is 8.32. The number of fused-ring (bicyclic) bond motifs is 1. The summed E-state index contributed by atoms with van der Waals surface area (Å²) in [6.07, 6.45) is 4.87. The standard InChI is InChI=1S/C24H30IN3O4S/c25-14-17(23(31)16-8-2-1-3-9-16)19(29)10-6-7-13-26-21(30)12-5-4-11-20-22-18(15-33-20)27-24(32)28-22/h1-3,8-9,14,18,20,22H,4-7,10-13,15H2,(H,26,30)(H2,27,28,32)/b17-14-/t18-,20-,22-/m0/s1. The van der Waals surface area contributed by atoms with Crippen LogP contribution >= 0.6 is 34.4 Å². The van der Waals surface area contributed by atoms with Crippen LogP contribution in [0.25, 0.3) is 0 Å². The molecule has 1 aromatic rings. The van der Waals surface area contributed by atoms with Gasteiger partial charge in [-0.05, 0) is 29.8 Å². The molecular formula is C24H30IN3O4S. The van der Waals surface area contributed by atoms with Crippen LogP contribution in [0.5, 0.6) is 0 Å². The van der Waals surface area contributed by atoms with Gasteiger partial charge in [-0.1, -0.05) is 59.3 Å². The molecule has 1 aromatic carbocycles. The molecule has 0 unspecified atom stereocenters. The number of rotatable bonds is 13. The summed E-state index contributed by atoms with van der Waals surface area (Å²) in [4.78, 5) is 48.4. The predicted molar refractivity (Wildman–Crippen MR) is 139 cm³/mol. The third kappa shape index (κ3) is 7.56. The number of carbonyl (C=O) groups is 4. The number of benzene rings is 1. The highest BCUT2D eigenvalue weighted by molar-refractivity contribution is 14.1. The zero-order valence-electron chi connectivity index (χ0n) is 18.5. The van der Waals surface area contributed by atoms with Gasteiger partial charge in [-0.25, -0.2) is 4.79 Å². The summed E-state index contributed by atoms with van der Waals surface area (Å²) in [5.74, 6) is 0.569. The van der Waals surface area contributed by atoms with E-state index in [9.17, 15) is 19.2 Å². The highest BCUT2D eigenvalue weighted by atomic mass is 127. The maximum atomic E-state index is 12.5. The molecule has 2 saturated heterocycles. The average Bonchev–Trinajstić information content (AvgIpc) is 3.36. The summed E-state index contributed by atoms with van der Waals surface area (Å²) in [6, 6.07) is 9.18. The molecule has 2 heterocycles. The highest BCUT2D eigenvalue weighted by Gasteiger charge is 2.42. The summed E-state index contributed by atoms with van der Waals surface area (Å²) in [5, 5.41) is 9.27. The number of Topliss-reactive ketones (excluding diaryl/α,β-unsaturated/α-hetero) is 2. The number of halogens is 1. The molecule has 0 saturated carbocycles. The van der Waals surface area contributed by atoms with Crippen LogP contribution in [0.2, 0.25) is 0 Å². The molecule has 0 aliphatic carbocycles. The van der Waals surface area contributed by atoms with Crippen molar-refractivity contribution in [1.82, 2.24) is 16.0 Å². The van der Waals surface area contributed by atoms with E-state index in [-0.39, 0.29) is 47.6 Å². The lowest BCUT2D eigenvalue weighted by atomic mass is 9.98. The van der Waals surface area contributed by atoms with Gasteiger partial charge in [0.05, 0.1) is 17.7 Å². The van der Waals surface area contributed by atoms with Crippen LogP contribution in [0.3, 0.4) is 0 Å². The number of thioether (sulfide) groups is 1. The molecule has 2 fully saturated rings. The molecular weight excluding hydrogens is 553 g/mol. The molecule has 3 N–H and O–H groups in total. The Kier molecular flexibility index (Phi) is 10.2. The van der Waals surface area contributed by atoms with E-state index in [1.165, 1.54) is 0 Å². The van der Waals surface area contributed by atoms with E-state index in [0.29, 0.717) is 36.6 Å². The maximum Gasteiger partial charge on any atom is 0.315 e. The molecule has 33 heavy (non-hydrogen) atoms. The number of allylic oxidation sites excluding steroid dienone is 1. The smallest absolute Gasteiger partial charge is 0.315 e. The Hall–Kier alpha value is -1.88. The highest BCUT2D eigenvalue weighted by Crippen LogP contribution is 2.33. The Bertz CT molecular complexity index is 893. The van der Waals surface area contributed by atoms with Crippen molar-refractivity contribution >= 4 is 57.9 Å². The summed E-state index contributed by atoms with van der Waals surface area (Å²) in [5.41, 5.74) is 0.725. The summed E-state index contributed by atoms with van der Waals surface area (Å²) in [7, 11) is 0. The molecule has 2 aliphatic heterocycles. The van der Waals surface area contributed by atoms with Gasteiger partial charge in [0.25, 0.3) is 0 Å². The Morgan fingerprint density at radius 2 is 1.82 bits per heavy atom. The number of unbranched alkanes of at least 4 members (excludes halogenated alkanes) is 2. The van der Waals surface area contributed by atoms with Gasteiger partial charge in [-0.15, -0.1) is 0 Å². The van der Waals surface area contributed by atoms with Crippen LogP contribution in [0, 0.1) is 0 Å². The fourth-order valence-electron chi connectivity index (χ4n) is 4.12. The number of carbonyl (C=O) groups excluding carboxylic acids is 4. The van der Waals surface area contributed by atoms with Gasteiger partial charge in [0.2, 0.25) is 5.91 Å². The van der Waals surface area contributed by atoms with Crippen LogP contribution < -0.4 is 16.0 Å². The van der Waals surface area contributed by atoms with Crippen molar-refractivity contribution in [2.24, 2.45) is 0 Å². The van der Waals surface area contributed by atoms with Crippen molar-refractivity contribution in [3.63, 3.8) is 0 Å². The predicted octanol–water partition coefficient (Wildman–Crippen LogP) is 3.77. The molecule has 3 atom stereocenters. The molecule has 3 rings (SSSR count). The Morgan fingerprint density at radius 1 is 1.06 bits per heavy atom. The van der Waals surface area contributed by atoms with Crippen molar-refractivity contribution in [2.45, 2.75) is 62.3 Å². The number of amides is 3. The lowest BCUT2D eigenvalue weighted by Crippen LogP contribution is -2.36. The molecule has 9 heteroatoms. The molecule has 0 aromatic heterocycles. The molecule has 7 nitrogen and oxygen atoms in total. The molecule has 178 valence electrons. The molecule has 0 bridgehead atoms. The van der Waals surface area contributed by atoms with E-state index >= 15 is 0 Å². The second-order valence-corrected chi connectivity index (χ2v) is 10.2. The maximum absolute atomic E-state index is 12.5. The van der Waals surface area contributed by atoms with Crippen molar-refractivity contribution in [1.29, 1.82) is 0 Å². The minimum Gasteiger partial charge on any atom is -0.356 e. The van der Waals surface area contributed by atoms with Gasteiger partial charge < -0.3 is 16.0 Å². The van der Waals surface area contributed by atoms with Crippen LogP contribution in [0.4, 0.5) is 4.79 Å². The van der Waals surface area contributed by atoms with Crippen molar-refractivity contribution < 1.29 is 19.2 Å². The average molecular weight is 583 g/mol. The lowest BCUT2D eigenvalue weighted by Gasteiger charge is -2.16.